The van der Waals surface area contributed by atoms with Crippen molar-refractivity contribution >= 4 is 35.1 Å². The van der Waals surface area contributed by atoms with Crippen molar-refractivity contribution in [3.05, 3.63) is 46.6 Å². The lowest BCUT2D eigenvalue weighted by Crippen LogP contribution is -2.37. The standard InChI is InChI=1S/C26H33ClN4O2/c1-16(2)22-10-11-25(33)31(22)24-12-13-28-26(30-24)29-17(3)19-8-9-20(21(27)15-19)23(32)14-18-6-4-5-7-18/h8-9,12-13,15-18,22H,4-7,10-11,14H2,1-3H3,(H,28,29,30)/t17?,22-/m1/s1. The summed E-state index contributed by atoms with van der Waals surface area (Å²) in [6.07, 6.45) is 8.39. The van der Waals surface area contributed by atoms with Gasteiger partial charge in [-0.15, -0.1) is 0 Å². The van der Waals surface area contributed by atoms with Crippen LogP contribution in [0.1, 0.15) is 87.7 Å². The molecule has 2 heterocycles. The molecule has 33 heavy (non-hydrogen) atoms. The predicted octanol–water partition coefficient (Wildman–Crippen LogP) is 6.22. The Labute approximate surface area is 201 Å². The molecule has 6 nitrogen and oxygen atoms in total. The van der Waals surface area contributed by atoms with Crippen molar-refractivity contribution in [1.82, 2.24) is 9.97 Å². The van der Waals surface area contributed by atoms with Gasteiger partial charge >= 0.3 is 0 Å². The molecule has 1 N–H and O–H groups in total. The highest BCUT2D eigenvalue weighted by Crippen LogP contribution is 2.32. The van der Waals surface area contributed by atoms with E-state index in [1.54, 1.807) is 12.3 Å². The normalized spacial score (nSPS) is 20.0. The molecule has 1 saturated carbocycles. The molecule has 1 aromatic heterocycles. The van der Waals surface area contributed by atoms with Gasteiger partial charge in [-0.1, -0.05) is 57.2 Å². The van der Waals surface area contributed by atoms with Crippen molar-refractivity contribution in [2.24, 2.45) is 11.8 Å². The first kappa shape index (κ1) is 23.7. The average molecular weight is 469 g/mol. The van der Waals surface area contributed by atoms with Crippen LogP contribution in [-0.4, -0.2) is 27.7 Å². The number of halogens is 1. The molecular weight excluding hydrogens is 436 g/mol. The summed E-state index contributed by atoms with van der Waals surface area (Å²) in [5.41, 5.74) is 1.55. The molecule has 0 radical (unpaired) electrons. The highest BCUT2D eigenvalue weighted by Gasteiger charge is 2.35. The largest absolute Gasteiger partial charge is 0.348 e. The number of hydrogen-bond acceptors (Lipinski definition) is 5. The molecule has 1 aliphatic heterocycles. The summed E-state index contributed by atoms with van der Waals surface area (Å²) < 4.78 is 0. The van der Waals surface area contributed by atoms with E-state index >= 15 is 0 Å². The number of ketones is 1. The third-order valence-electron chi connectivity index (χ3n) is 7.00. The molecule has 7 heteroatoms. The zero-order valence-corrected chi connectivity index (χ0v) is 20.4. The molecule has 2 fully saturated rings. The van der Waals surface area contributed by atoms with Crippen molar-refractivity contribution in [2.75, 3.05) is 10.2 Å². The van der Waals surface area contributed by atoms with Crippen LogP contribution in [0, 0.1) is 11.8 Å². The molecule has 2 aliphatic rings. The Bertz CT molecular complexity index is 1020. The number of anilines is 2. The molecule has 4 rings (SSSR count). The van der Waals surface area contributed by atoms with Gasteiger partial charge in [0.25, 0.3) is 0 Å². The van der Waals surface area contributed by atoms with E-state index in [0.717, 1.165) is 24.8 Å². The third kappa shape index (κ3) is 5.37. The Hall–Kier alpha value is -2.47. The number of aromatic nitrogens is 2. The summed E-state index contributed by atoms with van der Waals surface area (Å²) >= 11 is 6.51. The van der Waals surface area contributed by atoms with Crippen LogP contribution in [0.4, 0.5) is 11.8 Å². The zero-order chi connectivity index (χ0) is 23.5. The monoisotopic (exact) mass is 468 g/mol. The van der Waals surface area contributed by atoms with Crippen LogP contribution >= 0.6 is 11.6 Å². The van der Waals surface area contributed by atoms with Crippen LogP contribution in [0.15, 0.2) is 30.5 Å². The fraction of sp³-hybridized carbons (Fsp3) is 0.538. The molecule has 2 atom stereocenters. The quantitative estimate of drug-likeness (QED) is 0.465. The Balaban J connectivity index is 1.45. The van der Waals surface area contributed by atoms with Crippen molar-refractivity contribution in [2.45, 2.75) is 77.8 Å². The highest BCUT2D eigenvalue weighted by molar-refractivity contribution is 6.34. The Kier molecular flexibility index (Phi) is 7.32. The number of carbonyl (C=O) groups is 2. The predicted molar refractivity (Wildman–Crippen MR) is 132 cm³/mol. The molecule has 176 valence electrons. The number of rotatable bonds is 8. The summed E-state index contributed by atoms with van der Waals surface area (Å²) in [4.78, 5) is 36.0. The molecule has 1 amide bonds. The van der Waals surface area contributed by atoms with E-state index in [-0.39, 0.29) is 23.8 Å². The van der Waals surface area contributed by atoms with Gasteiger partial charge < -0.3 is 5.32 Å². The number of amides is 1. The summed E-state index contributed by atoms with van der Waals surface area (Å²) in [6.45, 7) is 6.26. The van der Waals surface area contributed by atoms with Gasteiger partial charge in [-0.2, -0.15) is 4.98 Å². The summed E-state index contributed by atoms with van der Waals surface area (Å²) in [5.74, 6) is 2.18. The lowest BCUT2D eigenvalue weighted by molar-refractivity contribution is -0.117. The first-order valence-electron chi connectivity index (χ1n) is 12.1. The molecule has 1 aromatic carbocycles. The average Bonchev–Trinajstić information content (AvgIpc) is 3.43. The number of benzene rings is 1. The topological polar surface area (TPSA) is 75.2 Å². The minimum Gasteiger partial charge on any atom is -0.348 e. The minimum atomic E-state index is -0.119. The van der Waals surface area contributed by atoms with Gasteiger partial charge in [0.05, 0.1) is 11.1 Å². The van der Waals surface area contributed by atoms with E-state index in [4.69, 9.17) is 11.6 Å². The first-order valence-corrected chi connectivity index (χ1v) is 12.5. The highest BCUT2D eigenvalue weighted by atomic mass is 35.5. The summed E-state index contributed by atoms with van der Waals surface area (Å²) in [6, 6.07) is 7.45. The second kappa shape index (κ2) is 10.2. The van der Waals surface area contributed by atoms with E-state index in [1.165, 1.54) is 12.8 Å². The fourth-order valence-corrected chi connectivity index (χ4v) is 5.37. The number of hydrogen-bond donors (Lipinski definition) is 1. The van der Waals surface area contributed by atoms with Crippen LogP contribution in [0.3, 0.4) is 0 Å². The smallest absolute Gasteiger partial charge is 0.228 e. The molecule has 0 spiro atoms. The van der Waals surface area contributed by atoms with Crippen LogP contribution in [0.25, 0.3) is 0 Å². The van der Waals surface area contributed by atoms with Gasteiger partial charge in [0, 0.05) is 30.6 Å². The fourth-order valence-electron chi connectivity index (χ4n) is 5.08. The molecule has 1 saturated heterocycles. The first-order chi connectivity index (χ1) is 15.8. The second-order valence-electron chi connectivity index (χ2n) is 9.74. The number of carbonyl (C=O) groups excluding carboxylic acids is 2. The van der Waals surface area contributed by atoms with E-state index in [1.807, 2.05) is 30.0 Å². The van der Waals surface area contributed by atoms with E-state index in [2.05, 4.69) is 29.1 Å². The third-order valence-corrected chi connectivity index (χ3v) is 7.31. The van der Waals surface area contributed by atoms with E-state index in [9.17, 15) is 9.59 Å². The maximum absolute atomic E-state index is 12.7. The minimum absolute atomic E-state index is 0.107. The van der Waals surface area contributed by atoms with Crippen LogP contribution in [0.5, 0.6) is 0 Å². The molecule has 2 aromatic rings. The molecular formula is C26H33ClN4O2. The molecule has 0 bridgehead atoms. The Morgan fingerprint density at radius 1 is 1.18 bits per heavy atom. The lowest BCUT2D eigenvalue weighted by Gasteiger charge is -2.27. The summed E-state index contributed by atoms with van der Waals surface area (Å²) in [7, 11) is 0. The van der Waals surface area contributed by atoms with E-state index in [0.29, 0.717) is 47.0 Å². The SMILES string of the molecule is CC(Nc1nccc(N2C(=O)CC[C@@H]2C(C)C)n1)c1ccc(C(=O)CC2CCCC2)c(Cl)c1. The molecule has 1 aliphatic carbocycles. The number of nitrogens with zero attached hydrogens (tertiary/aromatic N) is 3. The zero-order valence-electron chi connectivity index (χ0n) is 19.7. The van der Waals surface area contributed by atoms with Crippen LogP contribution in [-0.2, 0) is 4.79 Å². The Morgan fingerprint density at radius 3 is 2.64 bits per heavy atom. The van der Waals surface area contributed by atoms with Crippen LogP contribution in [0.2, 0.25) is 5.02 Å². The van der Waals surface area contributed by atoms with Gasteiger partial charge in [0.2, 0.25) is 11.9 Å². The molecule has 1 unspecified atom stereocenters. The van der Waals surface area contributed by atoms with Crippen LogP contribution < -0.4 is 10.2 Å². The van der Waals surface area contributed by atoms with Gasteiger partial charge in [-0.3, -0.25) is 14.5 Å². The van der Waals surface area contributed by atoms with Gasteiger partial charge in [0.1, 0.15) is 5.82 Å². The van der Waals surface area contributed by atoms with Crippen molar-refractivity contribution < 1.29 is 9.59 Å². The number of Topliss-reactive ketones (excluding diaryl/α,β-unsaturated/α-hetero) is 1. The van der Waals surface area contributed by atoms with Gasteiger partial charge in [-0.25, -0.2) is 4.98 Å². The van der Waals surface area contributed by atoms with E-state index < -0.39 is 0 Å². The Morgan fingerprint density at radius 2 is 1.94 bits per heavy atom. The van der Waals surface area contributed by atoms with Crippen molar-refractivity contribution in [3.63, 3.8) is 0 Å². The lowest BCUT2D eigenvalue weighted by atomic mass is 9.96. The number of nitrogens with one attached hydrogen (secondary N) is 1. The maximum Gasteiger partial charge on any atom is 0.228 e. The van der Waals surface area contributed by atoms with Crippen molar-refractivity contribution in [3.8, 4) is 0 Å². The second-order valence-corrected chi connectivity index (χ2v) is 10.1. The van der Waals surface area contributed by atoms with Gasteiger partial charge in [-0.05, 0) is 48.9 Å². The summed E-state index contributed by atoms with van der Waals surface area (Å²) in [5, 5.41) is 3.80. The van der Waals surface area contributed by atoms with Crippen molar-refractivity contribution in [1.29, 1.82) is 0 Å². The maximum atomic E-state index is 12.7. The van der Waals surface area contributed by atoms with Gasteiger partial charge in [0.15, 0.2) is 5.78 Å².